The van der Waals surface area contributed by atoms with Crippen molar-refractivity contribution in [2.24, 2.45) is 5.84 Å². The maximum Gasteiger partial charge on any atom is 0.0596 e. The lowest BCUT2D eigenvalue weighted by atomic mass is 10.2. The highest BCUT2D eigenvalue weighted by atomic mass is 15.3. The third-order valence-corrected chi connectivity index (χ3v) is 2.08. The minimum Gasteiger partial charge on any atom is -0.271 e. The summed E-state index contributed by atoms with van der Waals surface area (Å²) in [6, 6.07) is 2.40. The summed E-state index contributed by atoms with van der Waals surface area (Å²) in [5, 5.41) is 4.36. The van der Waals surface area contributed by atoms with Gasteiger partial charge in [0.25, 0.3) is 0 Å². The highest BCUT2D eigenvalue weighted by Gasteiger charge is 2.07. The van der Waals surface area contributed by atoms with Gasteiger partial charge in [-0.05, 0) is 26.8 Å². The van der Waals surface area contributed by atoms with Crippen molar-refractivity contribution in [3.63, 3.8) is 0 Å². The van der Waals surface area contributed by atoms with E-state index in [4.69, 9.17) is 5.84 Å². The number of hydrazine groups is 1. The number of hydrogen-bond acceptors (Lipinski definition) is 3. The summed E-state index contributed by atoms with van der Waals surface area (Å²) < 4.78 is 2.02. The normalized spacial score (nSPS) is 13.2. The minimum atomic E-state index is 0.293. The van der Waals surface area contributed by atoms with Gasteiger partial charge in [0.05, 0.1) is 5.69 Å². The average Bonchev–Trinajstić information content (AvgIpc) is 2.46. The number of rotatable bonds is 4. The van der Waals surface area contributed by atoms with Gasteiger partial charge < -0.3 is 0 Å². The molecule has 0 bridgehead atoms. The Bertz CT molecular complexity index is 267. The number of aromatic nitrogens is 2. The minimum absolute atomic E-state index is 0.293. The van der Waals surface area contributed by atoms with Crippen LogP contribution in [0.25, 0.3) is 0 Å². The summed E-state index contributed by atoms with van der Waals surface area (Å²) in [6.07, 6.45) is 0.922. The van der Waals surface area contributed by atoms with Crippen molar-refractivity contribution in [3.05, 3.63) is 17.5 Å². The first-order valence-electron chi connectivity index (χ1n) is 4.66. The molecule has 0 saturated carbocycles. The molecule has 4 heteroatoms. The molecule has 1 heterocycles. The average molecular weight is 182 g/mol. The van der Waals surface area contributed by atoms with Gasteiger partial charge in [-0.3, -0.25) is 16.0 Å². The molecule has 1 rings (SSSR count). The van der Waals surface area contributed by atoms with Crippen LogP contribution < -0.4 is 11.3 Å². The van der Waals surface area contributed by atoms with E-state index in [1.807, 2.05) is 11.6 Å². The summed E-state index contributed by atoms with van der Waals surface area (Å²) in [6.45, 7) is 7.08. The molecule has 1 aromatic heterocycles. The standard InChI is InChI=1S/C9H18N4/c1-4-13-9(5-7(2)11-10)6-8(3)12-13/h6-7,11H,4-5,10H2,1-3H3. The molecule has 1 aromatic rings. The van der Waals surface area contributed by atoms with E-state index < -0.39 is 0 Å². The van der Waals surface area contributed by atoms with E-state index in [1.54, 1.807) is 0 Å². The molecule has 3 N–H and O–H groups in total. The van der Waals surface area contributed by atoms with Crippen molar-refractivity contribution in [1.29, 1.82) is 0 Å². The van der Waals surface area contributed by atoms with Gasteiger partial charge in [-0.2, -0.15) is 5.10 Å². The molecule has 74 valence electrons. The predicted octanol–water partition coefficient (Wildman–Crippen LogP) is 0.606. The largest absolute Gasteiger partial charge is 0.271 e. The Morgan fingerprint density at radius 1 is 1.69 bits per heavy atom. The van der Waals surface area contributed by atoms with Crippen molar-refractivity contribution in [3.8, 4) is 0 Å². The SMILES string of the molecule is CCn1nc(C)cc1CC(C)NN. The molecule has 0 saturated heterocycles. The topological polar surface area (TPSA) is 55.9 Å². The van der Waals surface area contributed by atoms with Crippen LogP contribution in [0.4, 0.5) is 0 Å². The molecular formula is C9H18N4. The van der Waals surface area contributed by atoms with Gasteiger partial charge in [-0.25, -0.2) is 0 Å². The van der Waals surface area contributed by atoms with Crippen molar-refractivity contribution in [2.75, 3.05) is 0 Å². The van der Waals surface area contributed by atoms with Crippen molar-refractivity contribution < 1.29 is 0 Å². The summed E-state index contributed by atoms with van der Waals surface area (Å²) >= 11 is 0. The number of nitrogens with one attached hydrogen (secondary N) is 1. The van der Waals surface area contributed by atoms with Gasteiger partial charge in [0.2, 0.25) is 0 Å². The molecule has 1 atom stereocenters. The molecule has 13 heavy (non-hydrogen) atoms. The van der Waals surface area contributed by atoms with Crippen LogP contribution in [0.15, 0.2) is 6.07 Å². The Balaban J connectivity index is 2.74. The first-order valence-corrected chi connectivity index (χ1v) is 4.66. The lowest BCUT2D eigenvalue weighted by molar-refractivity contribution is 0.529. The molecule has 0 fully saturated rings. The predicted molar refractivity (Wildman–Crippen MR) is 53.1 cm³/mol. The second kappa shape index (κ2) is 4.39. The monoisotopic (exact) mass is 182 g/mol. The van der Waals surface area contributed by atoms with Gasteiger partial charge in [0, 0.05) is 24.7 Å². The second-order valence-corrected chi connectivity index (χ2v) is 3.36. The Kier molecular flexibility index (Phi) is 3.45. The Morgan fingerprint density at radius 2 is 2.38 bits per heavy atom. The molecule has 0 aliphatic heterocycles. The zero-order valence-corrected chi connectivity index (χ0v) is 8.54. The van der Waals surface area contributed by atoms with Crippen LogP contribution in [0.3, 0.4) is 0 Å². The zero-order valence-electron chi connectivity index (χ0n) is 8.54. The number of aryl methyl sites for hydroxylation is 2. The smallest absolute Gasteiger partial charge is 0.0596 e. The summed E-state index contributed by atoms with van der Waals surface area (Å²) in [5.74, 6) is 5.34. The van der Waals surface area contributed by atoms with Crippen LogP contribution >= 0.6 is 0 Å². The highest BCUT2D eigenvalue weighted by Crippen LogP contribution is 2.06. The van der Waals surface area contributed by atoms with Crippen LogP contribution in [-0.2, 0) is 13.0 Å². The molecule has 0 radical (unpaired) electrons. The maximum absolute atomic E-state index is 5.34. The fraction of sp³-hybridized carbons (Fsp3) is 0.667. The fourth-order valence-corrected chi connectivity index (χ4v) is 1.41. The van der Waals surface area contributed by atoms with E-state index in [9.17, 15) is 0 Å². The summed E-state index contributed by atoms with van der Waals surface area (Å²) in [5.41, 5.74) is 5.04. The second-order valence-electron chi connectivity index (χ2n) is 3.36. The number of nitrogens with zero attached hydrogens (tertiary/aromatic N) is 2. The van der Waals surface area contributed by atoms with Gasteiger partial charge in [-0.15, -0.1) is 0 Å². The Hall–Kier alpha value is -0.870. The van der Waals surface area contributed by atoms with E-state index in [0.717, 1.165) is 18.7 Å². The third kappa shape index (κ3) is 2.54. The van der Waals surface area contributed by atoms with Gasteiger partial charge >= 0.3 is 0 Å². The number of hydrogen-bond donors (Lipinski definition) is 2. The summed E-state index contributed by atoms with van der Waals surface area (Å²) in [4.78, 5) is 0. The first kappa shape index (κ1) is 10.2. The molecule has 0 spiro atoms. The van der Waals surface area contributed by atoms with Crippen LogP contribution in [0.2, 0.25) is 0 Å². The van der Waals surface area contributed by atoms with Crippen molar-refractivity contribution in [1.82, 2.24) is 15.2 Å². The van der Waals surface area contributed by atoms with Crippen LogP contribution in [-0.4, -0.2) is 15.8 Å². The van der Waals surface area contributed by atoms with E-state index in [2.05, 4.69) is 30.4 Å². The quantitative estimate of drug-likeness (QED) is 0.530. The molecule has 0 amide bonds. The Labute approximate surface area is 79.1 Å². The van der Waals surface area contributed by atoms with Gasteiger partial charge in [0.15, 0.2) is 0 Å². The lowest BCUT2D eigenvalue weighted by Crippen LogP contribution is -2.34. The van der Waals surface area contributed by atoms with E-state index in [1.165, 1.54) is 5.69 Å². The van der Waals surface area contributed by atoms with Crippen LogP contribution in [0.5, 0.6) is 0 Å². The molecule has 0 aliphatic carbocycles. The van der Waals surface area contributed by atoms with Gasteiger partial charge in [-0.1, -0.05) is 0 Å². The number of nitrogens with two attached hydrogens (primary N) is 1. The highest BCUT2D eigenvalue weighted by molar-refractivity contribution is 5.10. The Morgan fingerprint density at radius 3 is 2.92 bits per heavy atom. The van der Waals surface area contributed by atoms with Crippen LogP contribution in [0, 0.1) is 6.92 Å². The molecular weight excluding hydrogens is 164 g/mol. The van der Waals surface area contributed by atoms with E-state index >= 15 is 0 Å². The zero-order chi connectivity index (χ0) is 9.84. The van der Waals surface area contributed by atoms with E-state index in [-0.39, 0.29) is 0 Å². The van der Waals surface area contributed by atoms with Gasteiger partial charge in [0.1, 0.15) is 0 Å². The fourth-order valence-electron chi connectivity index (χ4n) is 1.41. The molecule has 0 aromatic carbocycles. The molecule has 1 unspecified atom stereocenters. The third-order valence-electron chi connectivity index (χ3n) is 2.08. The first-order chi connectivity index (χ1) is 6.17. The lowest BCUT2D eigenvalue weighted by Gasteiger charge is -2.10. The molecule has 0 aliphatic rings. The van der Waals surface area contributed by atoms with Crippen molar-refractivity contribution >= 4 is 0 Å². The molecule has 4 nitrogen and oxygen atoms in total. The van der Waals surface area contributed by atoms with Crippen LogP contribution in [0.1, 0.15) is 25.2 Å². The van der Waals surface area contributed by atoms with E-state index in [0.29, 0.717) is 6.04 Å². The maximum atomic E-state index is 5.34. The van der Waals surface area contributed by atoms with Crippen molar-refractivity contribution in [2.45, 2.75) is 39.8 Å². The summed E-state index contributed by atoms with van der Waals surface area (Å²) in [7, 11) is 0.